The van der Waals surface area contributed by atoms with Gasteiger partial charge in [-0.2, -0.15) is 0 Å². The summed E-state index contributed by atoms with van der Waals surface area (Å²) in [5.74, 6) is 0.824. The molecule has 0 spiro atoms. The third-order valence-electron chi connectivity index (χ3n) is 4.45. The molecule has 6 nitrogen and oxygen atoms in total. The number of amides is 1. The Morgan fingerprint density at radius 3 is 2.32 bits per heavy atom. The third kappa shape index (κ3) is 9.22. The van der Waals surface area contributed by atoms with Crippen LogP contribution in [0.1, 0.15) is 57.8 Å². The number of ether oxygens (including phenoxy) is 2. The highest BCUT2D eigenvalue weighted by Crippen LogP contribution is 2.11. The highest BCUT2D eigenvalue weighted by Gasteiger charge is 2.13. The third-order valence-corrected chi connectivity index (χ3v) is 4.45. The van der Waals surface area contributed by atoms with E-state index < -0.39 is 0 Å². The van der Waals surface area contributed by atoms with Crippen LogP contribution in [-0.4, -0.2) is 56.2 Å². The number of benzene rings is 1. The molecule has 1 amide bonds. The largest absolute Gasteiger partial charge is 0.497 e. The summed E-state index contributed by atoms with van der Waals surface area (Å²) in [7, 11) is 1.60. The fourth-order valence-electron chi connectivity index (χ4n) is 2.68. The molecule has 0 saturated carbocycles. The molecule has 1 aromatic rings. The quantitative estimate of drug-likeness (QED) is 0.458. The molecule has 0 radical (unpaired) electrons. The number of amidine groups is 1. The Balaban J connectivity index is 2.71. The van der Waals surface area contributed by atoms with Crippen molar-refractivity contribution in [2.45, 2.75) is 53.5 Å². The van der Waals surface area contributed by atoms with Gasteiger partial charge < -0.3 is 14.4 Å². The van der Waals surface area contributed by atoms with Crippen molar-refractivity contribution in [3.63, 3.8) is 0 Å². The van der Waals surface area contributed by atoms with Gasteiger partial charge >= 0.3 is 0 Å². The predicted molar refractivity (Wildman–Crippen MR) is 115 cm³/mol. The van der Waals surface area contributed by atoms with Gasteiger partial charge in [-0.05, 0) is 69.6 Å². The van der Waals surface area contributed by atoms with Crippen LogP contribution in [0.2, 0.25) is 0 Å². The Labute approximate surface area is 170 Å². The first-order chi connectivity index (χ1) is 13.4. The zero-order chi connectivity index (χ0) is 20.9. The molecule has 0 heterocycles. The van der Waals surface area contributed by atoms with Crippen molar-refractivity contribution < 1.29 is 14.3 Å². The molecule has 0 aliphatic rings. The van der Waals surface area contributed by atoms with Gasteiger partial charge in [0.1, 0.15) is 5.75 Å². The Bertz CT molecular complexity index is 596. The van der Waals surface area contributed by atoms with E-state index in [-0.39, 0.29) is 11.9 Å². The van der Waals surface area contributed by atoms with Crippen molar-refractivity contribution in [1.29, 1.82) is 0 Å². The van der Waals surface area contributed by atoms with Crippen LogP contribution in [0, 0.1) is 5.92 Å². The van der Waals surface area contributed by atoms with E-state index in [2.05, 4.69) is 49.8 Å². The lowest BCUT2D eigenvalue weighted by Crippen LogP contribution is -2.34. The number of nitrogens with one attached hydrogen (secondary N) is 1. The SMILES string of the molecule is CCN(CC)CCC[C@H](C)N=C(NC(=O)c1ccc(OC)cc1)OCC(C)C. The summed E-state index contributed by atoms with van der Waals surface area (Å²) in [5, 5.41) is 2.82. The first-order valence-electron chi connectivity index (χ1n) is 10.3. The van der Waals surface area contributed by atoms with Crippen LogP contribution in [0.5, 0.6) is 5.75 Å². The van der Waals surface area contributed by atoms with Crippen LogP contribution in [0.4, 0.5) is 0 Å². The molecule has 0 aliphatic carbocycles. The number of aliphatic imine (C=N–C) groups is 1. The summed E-state index contributed by atoms with van der Waals surface area (Å²) in [6, 6.07) is 7.34. The van der Waals surface area contributed by atoms with Gasteiger partial charge in [-0.15, -0.1) is 0 Å². The normalized spacial score (nSPS) is 12.9. The van der Waals surface area contributed by atoms with Crippen molar-refractivity contribution in [1.82, 2.24) is 10.2 Å². The van der Waals surface area contributed by atoms with E-state index in [1.165, 1.54) is 0 Å². The fourth-order valence-corrected chi connectivity index (χ4v) is 2.68. The van der Waals surface area contributed by atoms with Crippen molar-refractivity contribution >= 4 is 11.9 Å². The first kappa shape index (κ1) is 24.0. The second kappa shape index (κ2) is 13.2. The number of hydrogen-bond donors (Lipinski definition) is 1. The molecule has 28 heavy (non-hydrogen) atoms. The number of nitrogens with zero attached hydrogens (tertiary/aromatic N) is 2. The molecule has 1 N–H and O–H groups in total. The molecule has 0 aliphatic heterocycles. The minimum absolute atomic E-state index is 0.0777. The molecule has 0 unspecified atom stereocenters. The molecular weight excluding hydrogens is 354 g/mol. The van der Waals surface area contributed by atoms with Crippen molar-refractivity contribution in [3.8, 4) is 5.75 Å². The van der Waals surface area contributed by atoms with Gasteiger partial charge in [0.05, 0.1) is 19.8 Å². The molecule has 158 valence electrons. The average molecular weight is 392 g/mol. The summed E-state index contributed by atoms with van der Waals surface area (Å²) < 4.78 is 10.9. The number of carbonyl (C=O) groups is 1. The van der Waals surface area contributed by atoms with E-state index >= 15 is 0 Å². The zero-order valence-electron chi connectivity index (χ0n) is 18.3. The molecule has 1 rings (SSSR count). The van der Waals surface area contributed by atoms with Crippen molar-refractivity contribution in [3.05, 3.63) is 29.8 Å². The topological polar surface area (TPSA) is 63.2 Å². The van der Waals surface area contributed by atoms with Gasteiger partial charge in [0.15, 0.2) is 0 Å². The minimum atomic E-state index is -0.236. The molecule has 0 saturated heterocycles. The van der Waals surface area contributed by atoms with E-state index in [0.29, 0.717) is 29.9 Å². The van der Waals surface area contributed by atoms with Crippen LogP contribution < -0.4 is 10.1 Å². The lowest BCUT2D eigenvalue weighted by atomic mass is 10.2. The summed E-state index contributed by atoms with van der Waals surface area (Å²) in [5.41, 5.74) is 0.538. The number of carbonyl (C=O) groups excluding carboxylic acids is 1. The summed E-state index contributed by atoms with van der Waals surface area (Å²) >= 11 is 0. The van der Waals surface area contributed by atoms with Gasteiger partial charge in [0.2, 0.25) is 0 Å². The summed E-state index contributed by atoms with van der Waals surface area (Å²) in [6.45, 7) is 14.2. The maximum atomic E-state index is 12.5. The van der Waals surface area contributed by atoms with Gasteiger partial charge in [-0.25, -0.2) is 4.99 Å². The van der Waals surface area contributed by atoms with Crippen LogP contribution in [0.25, 0.3) is 0 Å². The first-order valence-corrected chi connectivity index (χ1v) is 10.3. The maximum absolute atomic E-state index is 12.5. The second-order valence-electron chi connectivity index (χ2n) is 7.34. The Morgan fingerprint density at radius 2 is 1.79 bits per heavy atom. The monoisotopic (exact) mass is 391 g/mol. The molecular formula is C22H37N3O3. The highest BCUT2D eigenvalue weighted by atomic mass is 16.5. The Kier molecular flexibility index (Phi) is 11.3. The van der Waals surface area contributed by atoms with Gasteiger partial charge in [0, 0.05) is 5.56 Å². The van der Waals surface area contributed by atoms with Gasteiger partial charge in [0.25, 0.3) is 11.9 Å². The standard InChI is InChI=1S/C22H37N3O3/c1-7-25(8-2)15-9-10-18(5)23-22(28-16-17(3)4)24-21(26)19-11-13-20(27-6)14-12-19/h11-14,17-18H,7-10,15-16H2,1-6H3,(H,23,24,26)/t18-/m0/s1. The molecule has 0 bridgehead atoms. The zero-order valence-corrected chi connectivity index (χ0v) is 18.3. The lowest BCUT2D eigenvalue weighted by Gasteiger charge is -2.19. The number of hydrogen-bond acceptors (Lipinski definition) is 5. The summed E-state index contributed by atoms with van der Waals surface area (Å²) in [4.78, 5) is 19.6. The predicted octanol–water partition coefficient (Wildman–Crippen LogP) is 3.96. The van der Waals surface area contributed by atoms with E-state index in [9.17, 15) is 4.79 Å². The number of methoxy groups -OCH3 is 1. The van der Waals surface area contributed by atoms with E-state index in [4.69, 9.17) is 9.47 Å². The fraction of sp³-hybridized carbons (Fsp3) is 0.636. The van der Waals surface area contributed by atoms with E-state index in [1.807, 2.05) is 0 Å². The van der Waals surface area contributed by atoms with Gasteiger partial charge in [-0.3, -0.25) is 10.1 Å². The molecule has 0 aromatic heterocycles. The molecule has 1 aromatic carbocycles. The summed E-state index contributed by atoms with van der Waals surface area (Å²) in [6.07, 6.45) is 2.01. The van der Waals surface area contributed by atoms with E-state index in [1.54, 1.807) is 31.4 Å². The Hall–Kier alpha value is -2.08. The highest BCUT2D eigenvalue weighted by molar-refractivity contribution is 6.04. The second-order valence-corrected chi connectivity index (χ2v) is 7.34. The smallest absolute Gasteiger partial charge is 0.291 e. The van der Waals surface area contributed by atoms with Crippen molar-refractivity contribution in [2.75, 3.05) is 33.4 Å². The molecule has 1 atom stereocenters. The van der Waals surface area contributed by atoms with Crippen LogP contribution in [0.15, 0.2) is 29.3 Å². The average Bonchev–Trinajstić information content (AvgIpc) is 2.69. The maximum Gasteiger partial charge on any atom is 0.291 e. The lowest BCUT2D eigenvalue weighted by molar-refractivity contribution is 0.0963. The van der Waals surface area contributed by atoms with Gasteiger partial charge in [-0.1, -0.05) is 27.7 Å². The van der Waals surface area contributed by atoms with Crippen LogP contribution in [-0.2, 0) is 4.74 Å². The molecule has 6 heteroatoms. The van der Waals surface area contributed by atoms with Crippen molar-refractivity contribution in [2.24, 2.45) is 10.9 Å². The van der Waals surface area contributed by atoms with Crippen LogP contribution >= 0.6 is 0 Å². The minimum Gasteiger partial charge on any atom is -0.497 e. The Morgan fingerprint density at radius 1 is 1.14 bits per heavy atom. The van der Waals surface area contributed by atoms with Crippen LogP contribution in [0.3, 0.4) is 0 Å². The van der Waals surface area contributed by atoms with E-state index in [0.717, 1.165) is 32.5 Å². The molecule has 0 fully saturated rings. The number of rotatable bonds is 11.